The van der Waals surface area contributed by atoms with Crippen molar-refractivity contribution in [3.05, 3.63) is 38.8 Å². The lowest BCUT2D eigenvalue weighted by molar-refractivity contribution is 0.300. The zero-order valence-corrected chi connectivity index (χ0v) is 14.9. The number of rotatable bonds is 3. The van der Waals surface area contributed by atoms with E-state index in [9.17, 15) is 4.79 Å². The van der Waals surface area contributed by atoms with Gasteiger partial charge < -0.3 is 5.32 Å². The minimum Gasteiger partial charge on any atom is -0.359 e. The van der Waals surface area contributed by atoms with Gasteiger partial charge in [0.1, 0.15) is 0 Å². The quantitative estimate of drug-likeness (QED) is 0.926. The van der Waals surface area contributed by atoms with Crippen LogP contribution in [-0.2, 0) is 12.8 Å². The van der Waals surface area contributed by atoms with E-state index in [1.165, 1.54) is 18.4 Å². The van der Waals surface area contributed by atoms with Crippen LogP contribution >= 0.6 is 11.3 Å². The van der Waals surface area contributed by atoms with Gasteiger partial charge in [0.2, 0.25) is 0 Å². The summed E-state index contributed by atoms with van der Waals surface area (Å²) < 4.78 is 1.77. The summed E-state index contributed by atoms with van der Waals surface area (Å²) in [7, 11) is 0. The molecule has 0 unspecified atom stereocenters. The van der Waals surface area contributed by atoms with Crippen molar-refractivity contribution in [2.45, 2.75) is 70.4 Å². The monoisotopic (exact) mass is 344 g/mol. The molecule has 0 amide bonds. The van der Waals surface area contributed by atoms with E-state index in [1.807, 2.05) is 13.0 Å². The van der Waals surface area contributed by atoms with Crippen LogP contribution in [-0.4, -0.2) is 20.8 Å². The molecule has 0 bridgehead atoms. The molecule has 6 heteroatoms. The zero-order chi connectivity index (χ0) is 16.5. The Balaban J connectivity index is 1.43. The standard InChI is InChI=1S/C18H24N4OS/c1-12-11-24-18(19-12)20-14-6-8-15(9-7-14)22-17(23)10-13-4-2-3-5-16(13)21-22/h10-11,14-15H,2-9H2,1H3,(H,19,20). The molecular formula is C18H24N4OS. The van der Waals surface area contributed by atoms with Crippen LogP contribution in [0.4, 0.5) is 5.13 Å². The normalized spacial score (nSPS) is 23.7. The topological polar surface area (TPSA) is 59.8 Å². The molecule has 0 atom stereocenters. The van der Waals surface area contributed by atoms with E-state index < -0.39 is 0 Å². The van der Waals surface area contributed by atoms with Crippen molar-refractivity contribution < 1.29 is 0 Å². The number of nitrogens with zero attached hydrogens (tertiary/aromatic N) is 3. The molecule has 0 aliphatic heterocycles. The first-order valence-electron chi connectivity index (χ1n) is 8.99. The second-order valence-electron chi connectivity index (χ2n) is 7.05. The summed E-state index contributed by atoms with van der Waals surface area (Å²) in [6, 6.07) is 2.55. The maximum absolute atomic E-state index is 12.4. The number of hydrogen-bond donors (Lipinski definition) is 1. The van der Waals surface area contributed by atoms with E-state index in [1.54, 1.807) is 16.0 Å². The van der Waals surface area contributed by atoms with Gasteiger partial charge in [0.25, 0.3) is 5.56 Å². The highest BCUT2D eigenvalue weighted by atomic mass is 32.1. The van der Waals surface area contributed by atoms with Crippen molar-refractivity contribution in [3.63, 3.8) is 0 Å². The molecule has 2 aliphatic rings. The van der Waals surface area contributed by atoms with Gasteiger partial charge in [-0.2, -0.15) is 5.10 Å². The van der Waals surface area contributed by atoms with Gasteiger partial charge in [-0.1, -0.05) is 0 Å². The van der Waals surface area contributed by atoms with Gasteiger partial charge >= 0.3 is 0 Å². The summed E-state index contributed by atoms with van der Waals surface area (Å²) in [5.41, 5.74) is 3.49. The van der Waals surface area contributed by atoms with E-state index in [0.717, 1.165) is 55.0 Å². The van der Waals surface area contributed by atoms with Crippen LogP contribution in [0.5, 0.6) is 0 Å². The van der Waals surface area contributed by atoms with Crippen molar-refractivity contribution in [1.29, 1.82) is 0 Å². The highest BCUT2D eigenvalue weighted by Gasteiger charge is 2.25. The summed E-state index contributed by atoms with van der Waals surface area (Å²) in [6.07, 6.45) is 8.57. The Bertz CT molecular complexity index is 774. The van der Waals surface area contributed by atoms with Gasteiger partial charge in [0.05, 0.1) is 17.4 Å². The van der Waals surface area contributed by atoms with E-state index in [0.29, 0.717) is 6.04 Å². The third-order valence-electron chi connectivity index (χ3n) is 5.22. The minimum atomic E-state index is 0.0857. The van der Waals surface area contributed by atoms with E-state index in [-0.39, 0.29) is 11.6 Å². The van der Waals surface area contributed by atoms with Gasteiger partial charge in [-0.05, 0) is 63.9 Å². The maximum Gasteiger partial charge on any atom is 0.267 e. The SMILES string of the molecule is Cc1csc(NC2CCC(n3nc4c(cc3=O)CCCC4)CC2)n1. The van der Waals surface area contributed by atoms with Crippen LogP contribution in [0.2, 0.25) is 0 Å². The smallest absolute Gasteiger partial charge is 0.267 e. The third kappa shape index (κ3) is 3.24. The first-order chi connectivity index (χ1) is 11.7. The Morgan fingerprint density at radius 1 is 1.21 bits per heavy atom. The van der Waals surface area contributed by atoms with Crippen LogP contribution < -0.4 is 10.9 Å². The van der Waals surface area contributed by atoms with Crippen LogP contribution in [0.1, 0.15) is 61.5 Å². The molecule has 0 spiro atoms. The Labute approximate surface area is 146 Å². The second kappa shape index (κ2) is 6.67. The molecule has 0 aromatic carbocycles. The van der Waals surface area contributed by atoms with Gasteiger partial charge in [-0.15, -0.1) is 11.3 Å². The van der Waals surface area contributed by atoms with Crippen molar-refractivity contribution >= 4 is 16.5 Å². The molecule has 128 valence electrons. The number of thiazole rings is 1. The van der Waals surface area contributed by atoms with Crippen molar-refractivity contribution in [3.8, 4) is 0 Å². The molecular weight excluding hydrogens is 320 g/mol. The number of fused-ring (bicyclic) bond motifs is 1. The molecule has 0 radical (unpaired) electrons. The van der Waals surface area contributed by atoms with E-state index in [2.05, 4.69) is 15.7 Å². The molecule has 1 N–H and O–H groups in total. The highest BCUT2D eigenvalue weighted by Crippen LogP contribution is 2.30. The Kier molecular flexibility index (Phi) is 4.39. The van der Waals surface area contributed by atoms with Crippen LogP contribution in [0.15, 0.2) is 16.2 Å². The van der Waals surface area contributed by atoms with E-state index in [4.69, 9.17) is 5.10 Å². The molecule has 1 saturated carbocycles. The third-order valence-corrected chi connectivity index (χ3v) is 6.11. The number of aromatic nitrogens is 3. The van der Waals surface area contributed by atoms with Gasteiger partial charge in [0, 0.05) is 17.5 Å². The van der Waals surface area contributed by atoms with Crippen LogP contribution in [0.25, 0.3) is 0 Å². The number of hydrogen-bond acceptors (Lipinski definition) is 5. The van der Waals surface area contributed by atoms with Crippen molar-refractivity contribution in [1.82, 2.24) is 14.8 Å². The number of nitrogens with one attached hydrogen (secondary N) is 1. The molecule has 4 rings (SSSR count). The number of anilines is 1. The Hall–Kier alpha value is -1.69. The average molecular weight is 344 g/mol. The molecule has 1 fully saturated rings. The summed E-state index contributed by atoms with van der Waals surface area (Å²) in [5.74, 6) is 0. The molecule has 2 aliphatic carbocycles. The van der Waals surface area contributed by atoms with Gasteiger partial charge in [-0.25, -0.2) is 9.67 Å². The lowest BCUT2D eigenvalue weighted by atomic mass is 9.91. The maximum atomic E-state index is 12.4. The van der Waals surface area contributed by atoms with Gasteiger partial charge in [-0.3, -0.25) is 4.79 Å². The number of aryl methyl sites for hydroxylation is 3. The average Bonchev–Trinajstić information content (AvgIpc) is 3.00. The highest BCUT2D eigenvalue weighted by molar-refractivity contribution is 7.13. The molecule has 5 nitrogen and oxygen atoms in total. The lowest BCUT2D eigenvalue weighted by Gasteiger charge is -2.30. The lowest BCUT2D eigenvalue weighted by Crippen LogP contribution is -2.34. The van der Waals surface area contributed by atoms with Crippen molar-refractivity contribution in [2.75, 3.05) is 5.32 Å². The van der Waals surface area contributed by atoms with E-state index >= 15 is 0 Å². The predicted octanol–water partition coefficient (Wildman–Crippen LogP) is 3.48. The summed E-state index contributed by atoms with van der Waals surface area (Å²) >= 11 is 1.67. The molecule has 2 aromatic rings. The predicted molar refractivity (Wildman–Crippen MR) is 96.9 cm³/mol. The Morgan fingerprint density at radius 2 is 2.00 bits per heavy atom. The zero-order valence-electron chi connectivity index (χ0n) is 14.1. The van der Waals surface area contributed by atoms with Crippen LogP contribution in [0, 0.1) is 6.92 Å². The molecule has 2 heterocycles. The van der Waals surface area contributed by atoms with Gasteiger partial charge in [0.15, 0.2) is 5.13 Å². The molecule has 0 saturated heterocycles. The minimum absolute atomic E-state index is 0.0857. The summed E-state index contributed by atoms with van der Waals surface area (Å²) in [6.45, 7) is 2.02. The molecule has 2 aromatic heterocycles. The molecule has 24 heavy (non-hydrogen) atoms. The first kappa shape index (κ1) is 15.8. The fraction of sp³-hybridized carbons (Fsp3) is 0.611. The largest absolute Gasteiger partial charge is 0.359 e. The second-order valence-corrected chi connectivity index (χ2v) is 7.91. The Morgan fingerprint density at radius 3 is 2.75 bits per heavy atom. The van der Waals surface area contributed by atoms with Crippen molar-refractivity contribution in [2.24, 2.45) is 0 Å². The summed E-state index contributed by atoms with van der Waals surface area (Å²) in [4.78, 5) is 16.9. The fourth-order valence-corrected chi connectivity index (χ4v) is 4.66. The summed E-state index contributed by atoms with van der Waals surface area (Å²) in [5, 5.41) is 11.3. The fourth-order valence-electron chi connectivity index (χ4n) is 3.90. The first-order valence-corrected chi connectivity index (χ1v) is 9.87. The van der Waals surface area contributed by atoms with Crippen LogP contribution in [0.3, 0.4) is 0 Å².